The summed E-state index contributed by atoms with van der Waals surface area (Å²) in [6, 6.07) is 22.1. The van der Waals surface area contributed by atoms with Gasteiger partial charge >= 0.3 is 0 Å². The zero-order valence-electron chi connectivity index (χ0n) is 13.7. The van der Waals surface area contributed by atoms with Crippen LogP contribution in [0.1, 0.15) is 36.3 Å². The first kappa shape index (κ1) is 16.7. The fraction of sp³-hybridized carbons (Fsp3) is 0.429. The maximum Gasteiger partial charge on any atom is 0.0119 e. The van der Waals surface area contributed by atoms with E-state index >= 15 is 0 Å². The fourth-order valence-corrected chi connectivity index (χ4v) is 4.10. The second-order valence-electron chi connectivity index (χ2n) is 6.52. The van der Waals surface area contributed by atoms with Crippen LogP contribution < -0.4 is 0 Å². The molecule has 1 aliphatic heterocycles. The SMILES string of the molecule is BrCCCN1CCC(C(c2ccccc2)c2ccccc2)CC1. The van der Waals surface area contributed by atoms with Gasteiger partial charge in [0.25, 0.3) is 0 Å². The van der Waals surface area contributed by atoms with Crippen LogP contribution in [0.4, 0.5) is 0 Å². The van der Waals surface area contributed by atoms with Gasteiger partial charge in [0.15, 0.2) is 0 Å². The molecule has 0 bridgehead atoms. The molecule has 0 saturated carbocycles. The molecule has 122 valence electrons. The highest BCUT2D eigenvalue weighted by Gasteiger charge is 2.28. The molecule has 1 saturated heterocycles. The Bertz CT molecular complexity index is 521. The molecule has 2 aromatic rings. The first-order valence-corrected chi connectivity index (χ1v) is 9.89. The van der Waals surface area contributed by atoms with Gasteiger partial charge in [-0.05, 0) is 55.9 Å². The van der Waals surface area contributed by atoms with Crippen LogP contribution in [0.3, 0.4) is 0 Å². The van der Waals surface area contributed by atoms with E-state index in [1.54, 1.807) is 0 Å². The lowest BCUT2D eigenvalue weighted by Crippen LogP contribution is -2.36. The van der Waals surface area contributed by atoms with Crippen LogP contribution in [0.5, 0.6) is 0 Å². The van der Waals surface area contributed by atoms with Crippen molar-refractivity contribution in [3.63, 3.8) is 0 Å². The maximum atomic E-state index is 3.55. The molecule has 0 aliphatic carbocycles. The van der Waals surface area contributed by atoms with E-state index in [9.17, 15) is 0 Å². The normalized spacial score (nSPS) is 16.8. The molecule has 23 heavy (non-hydrogen) atoms. The molecule has 1 nitrogen and oxygen atoms in total. The van der Waals surface area contributed by atoms with Crippen LogP contribution in [0.15, 0.2) is 60.7 Å². The Morgan fingerprint density at radius 1 is 0.870 bits per heavy atom. The summed E-state index contributed by atoms with van der Waals surface area (Å²) >= 11 is 3.55. The number of rotatable bonds is 6. The average molecular weight is 372 g/mol. The van der Waals surface area contributed by atoms with Crippen molar-refractivity contribution in [3.05, 3.63) is 71.8 Å². The molecule has 2 aromatic carbocycles. The van der Waals surface area contributed by atoms with Crippen molar-refractivity contribution in [3.8, 4) is 0 Å². The third-order valence-corrected chi connectivity index (χ3v) is 5.59. The lowest BCUT2D eigenvalue weighted by molar-refractivity contribution is 0.176. The van der Waals surface area contributed by atoms with E-state index < -0.39 is 0 Å². The lowest BCUT2D eigenvalue weighted by Gasteiger charge is -2.36. The summed E-state index contributed by atoms with van der Waals surface area (Å²) in [5.74, 6) is 1.29. The monoisotopic (exact) mass is 371 g/mol. The van der Waals surface area contributed by atoms with E-state index in [0.29, 0.717) is 5.92 Å². The molecule has 2 heteroatoms. The molecule has 1 fully saturated rings. The summed E-state index contributed by atoms with van der Waals surface area (Å²) in [6.07, 6.45) is 3.86. The number of benzene rings is 2. The molecule has 3 rings (SSSR count). The molecular weight excluding hydrogens is 346 g/mol. The van der Waals surface area contributed by atoms with Crippen molar-refractivity contribution in [1.82, 2.24) is 4.90 Å². The molecule has 0 N–H and O–H groups in total. The first-order chi connectivity index (χ1) is 11.4. The summed E-state index contributed by atoms with van der Waals surface area (Å²) < 4.78 is 0. The molecule has 0 aromatic heterocycles. The highest BCUT2D eigenvalue weighted by atomic mass is 79.9. The Balaban J connectivity index is 1.75. The minimum absolute atomic E-state index is 0.538. The summed E-state index contributed by atoms with van der Waals surface area (Å²) in [7, 11) is 0. The van der Waals surface area contributed by atoms with Gasteiger partial charge in [0.2, 0.25) is 0 Å². The van der Waals surface area contributed by atoms with Crippen molar-refractivity contribution in [1.29, 1.82) is 0 Å². The van der Waals surface area contributed by atoms with Crippen LogP contribution >= 0.6 is 15.9 Å². The van der Waals surface area contributed by atoms with Crippen LogP contribution in [-0.2, 0) is 0 Å². The topological polar surface area (TPSA) is 3.24 Å². The number of likely N-dealkylation sites (tertiary alicyclic amines) is 1. The van der Waals surface area contributed by atoms with E-state index in [-0.39, 0.29) is 0 Å². The minimum atomic E-state index is 0.538. The van der Waals surface area contributed by atoms with Gasteiger partial charge in [0.1, 0.15) is 0 Å². The Labute approximate surface area is 148 Å². The van der Waals surface area contributed by atoms with Gasteiger partial charge in [0, 0.05) is 11.2 Å². The van der Waals surface area contributed by atoms with Crippen LogP contribution in [-0.4, -0.2) is 29.9 Å². The highest BCUT2D eigenvalue weighted by Crippen LogP contribution is 2.37. The van der Waals surface area contributed by atoms with Gasteiger partial charge in [-0.15, -0.1) is 0 Å². The molecule has 0 amide bonds. The first-order valence-electron chi connectivity index (χ1n) is 8.76. The van der Waals surface area contributed by atoms with Crippen LogP contribution in [0, 0.1) is 5.92 Å². The predicted octanol–water partition coefficient (Wildman–Crippen LogP) is 5.32. The number of hydrogen-bond acceptors (Lipinski definition) is 1. The quantitative estimate of drug-likeness (QED) is 0.621. The van der Waals surface area contributed by atoms with Gasteiger partial charge in [-0.2, -0.15) is 0 Å². The van der Waals surface area contributed by atoms with Crippen molar-refractivity contribution in [2.75, 3.05) is 25.0 Å². The number of halogens is 1. The standard InChI is InChI=1S/C21H26BrN/c22-14-7-15-23-16-12-20(13-17-23)21(18-8-3-1-4-9-18)19-10-5-2-6-11-19/h1-6,8-11,20-21H,7,12-17H2. The number of piperidine rings is 1. The zero-order chi connectivity index (χ0) is 15.9. The second kappa shape index (κ2) is 8.65. The van der Waals surface area contributed by atoms with E-state index in [1.165, 1.54) is 50.0 Å². The Hall–Kier alpha value is -1.12. The van der Waals surface area contributed by atoms with Gasteiger partial charge in [-0.1, -0.05) is 76.6 Å². The van der Waals surface area contributed by atoms with Gasteiger partial charge in [0.05, 0.1) is 0 Å². The fourth-order valence-electron chi connectivity index (χ4n) is 3.85. The van der Waals surface area contributed by atoms with Crippen molar-refractivity contribution >= 4 is 15.9 Å². The summed E-state index contributed by atoms with van der Waals surface area (Å²) in [4.78, 5) is 2.63. The lowest BCUT2D eigenvalue weighted by atomic mass is 9.76. The minimum Gasteiger partial charge on any atom is -0.303 e. The third kappa shape index (κ3) is 4.45. The largest absolute Gasteiger partial charge is 0.303 e. The van der Waals surface area contributed by atoms with Crippen molar-refractivity contribution in [2.24, 2.45) is 5.92 Å². The number of hydrogen-bond donors (Lipinski definition) is 0. The van der Waals surface area contributed by atoms with Crippen molar-refractivity contribution < 1.29 is 0 Å². The van der Waals surface area contributed by atoms with Crippen LogP contribution in [0.2, 0.25) is 0 Å². The molecule has 1 aliphatic rings. The summed E-state index contributed by atoms with van der Waals surface area (Å²) in [5, 5.41) is 1.11. The molecule has 0 unspecified atom stereocenters. The number of nitrogens with zero attached hydrogens (tertiary/aromatic N) is 1. The Morgan fingerprint density at radius 2 is 1.39 bits per heavy atom. The second-order valence-corrected chi connectivity index (χ2v) is 7.31. The summed E-state index contributed by atoms with van der Waals surface area (Å²) in [6.45, 7) is 3.72. The van der Waals surface area contributed by atoms with E-state index in [4.69, 9.17) is 0 Å². The molecule has 1 heterocycles. The smallest absolute Gasteiger partial charge is 0.0119 e. The number of alkyl halides is 1. The summed E-state index contributed by atoms with van der Waals surface area (Å²) in [5.41, 5.74) is 2.94. The highest BCUT2D eigenvalue weighted by molar-refractivity contribution is 9.09. The third-order valence-electron chi connectivity index (χ3n) is 5.03. The van der Waals surface area contributed by atoms with Gasteiger partial charge < -0.3 is 4.90 Å². The van der Waals surface area contributed by atoms with Crippen molar-refractivity contribution in [2.45, 2.75) is 25.2 Å². The van der Waals surface area contributed by atoms with Gasteiger partial charge in [-0.3, -0.25) is 0 Å². The molecule has 0 spiro atoms. The predicted molar refractivity (Wildman–Crippen MR) is 102 cm³/mol. The molecular formula is C21H26BrN. The zero-order valence-corrected chi connectivity index (χ0v) is 15.3. The van der Waals surface area contributed by atoms with E-state index in [1.807, 2.05) is 0 Å². The Morgan fingerprint density at radius 3 is 1.87 bits per heavy atom. The van der Waals surface area contributed by atoms with Crippen LogP contribution in [0.25, 0.3) is 0 Å². The van der Waals surface area contributed by atoms with Gasteiger partial charge in [-0.25, -0.2) is 0 Å². The Kier molecular flexibility index (Phi) is 6.29. The molecule has 0 radical (unpaired) electrons. The van der Waals surface area contributed by atoms with E-state index in [0.717, 1.165) is 11.2 Å². The van der Waals surface area contributed by atoms with E-state index in [2.05, 4.69) is 81.5 Å². The maximum absolute atomic E-state index is 3.55. The molecule has 0 atom stereocenters. The average Bonchev–Trinajstić information content (AvgIpc) is 2.63.